The number of nitrogen functional groups attached to an aromatic ring is 1. The van der Waals surface area contributed by atoms with Crippen LogP contribution in [-0.2, 0) is 12.8 Å². The minimum absolute atomic E-state index is 0.564. The maximum Gasteiger partial charge on any atom is 0.128 e. The van der Waals surface area contributed by atoms with E-state index >= 15 is 0 Å². The Balaban J connectivity index is 1.91. The van der Waals surface area contributed by atoms with Gasteiger partial charge in [0.2, 0.25) is 0 Å². The van der Waals surface area contributed by atoms with Crippen LogP contribution >= 0.6 is 15.9 Å². The topological polar surface area (TPSA) is 57.4 Å². The number of rotatable bonds is 6. The molecule has 0 unspecified atom stereocenters. The highest BCUT2D eigenvalue weighted by atomic mass is 79.9. The first-order chi connectivity index (χ1) is 13.0. The van der Waals surface area contributed by atoms with Crippen LogP contribution in [0.1, 0.15) is 27.8 Å². The van der Waals surface area contributed by atoms with Crippen molar-refractivity contribution in [2.24, 2.45) is 0 Å². The molecule has 3 rings (SSSR count). The third-order valence-corrected chi connectivity index (χ3v) is 5.42. The summed E-state index contributed by atoms with van der Waals surface area (Å²) < 4.78 is 11.3. The first kappa shape index (κ1) is 19.2. The summed E-state index contributed by atoms with van der Waals surface area (Å²) in [6, 6.07) is 16.1. The maximum atomic E-state index is 6.24. The van der Waals surface area contributed by atoms with E-state index in [0.29, 0.717) is 5.82 Å². The molecule has 3 aromatic rings. The molecule has 0 aliphatic heterocycles. The van der Waals surface area contributed by atoms with Crippen LogP contribution in [0.5, 0.6) is 11.5 Å². The number of hydrogen-bond donors (Lipinski definition) is 1. The number of ether oxygens (including phenoxy) is 2. The number of hydrogen-bond acceptors (Lipinski definition) is 4. The van der Waals surface area contributed by atoms with Crippen molar-refractivity contribution >= 4 is 21.7 Å². The van der Waals surface area contributed by atoms with E-state index in [1.54, 1.807) is 14.2 Å². The summed E-state index contributed by atoms with van der Waals surface area (Å²) in [7, 11) is 3.34. The molecular weight excluding hydrogens is 404 g/mol. The Morgan fingerprint density at radius 1 is 0.815 bits per heavy atom. The van der Waals surface area contributed by atoms with Crippen LogP contribution in [0.3, 0.4) is 0 Å². The van der Waals surface area contributed by atoms with Gasteiger partial charge in [0.1, 0.15) is 21.9 Å². The maximum absolute atomic E-state index is 6.24. The van der Waals surface area contributed by atoms with Crippen LogP contribution in [0.15, 0.2) is 53.1 Å². The highest BCUT2D eigenvalue weighted by molar-refractivity contribution is 9.10. The second-order valence-electron chi connectivity index (χ2n) is 6.42. The van der Waals surface area contributed by atoms with E-state index in [4.69, 9.17) is 15.2 Å². The quantitative estimate of drug-likeness (QED) is 0.567. The van der Waals surface area contributed by atoms with Gasteiger partial charge in [-0.3, -0.25) is 0 Å². The highest BCUT2D eigenvalue weighted by Crippen LogP contribution is 2.30. The SMILES string of the molecule is COc1ccc(Cc2c(N)nc(Br)c(Cc3ccc(OC)cc3)c2C)cc1. The molecule has 0 saturated carbocycles. The van der Waals surface area contributed by atoms with Crippen LogP contribution in [0, 0.1) is 6.92 Å². The van der Waals surface area contributed by atoms with Crippen molar-refractivity contribution in [2.75, 3.05) is 20.0 Å². The number of pyridine rings is 1. The number of nitrogens with two attached hydrogens (primary N) is 1. The molecule has 2 N–H and O–H groups in total. The molecule has 0 saturated heterocycles. The predicted molar refractivity (Wildman–Crippen MR) is 113 cm³/mol. The number of nitrogens with zero attached hydrogens (tertiary/aromatic N) is 1. The summed E-state index contributed by atoms with van der Waals surface area (Å²) in [6.45, 7) is 2.11. The Morgan fingerprint density at radius 2 is 1.26 bits per heavy atom. The van der Waals surface area contributed by atoms with Crippen LogP contribution in [0.2, 0.25) is 0 Å². The van der Waals surface area contributed by atoms with Gasteiger partial charge in [-0.15, -0.1) is 0 Å². The molecule has 1 aromatic heterocycles. The lowest BCUT2D eigenvalue weighted by Crippen LogP contribution is -2.07. The number of aromatic nitrogens is 1. The van der Waals surface area contributed by atoms with Crippen molar-refractivity contribution < 1.29 is 9.47 Å². The lowest BCUT2D eigenvalue weighted by Gasteiger charge is -2.16. The summed E-state index contributed by atoms with van der Waals surface area (Å²) in [5, 5.41) is 0. The second kappa shape index (κ2) is 8.44. The van der Waals surface area contributed by atoms with Gasteiger partial charge in [0.05, 0.1) is 14.2 Å². The third kappa shape index (κ3) is 4.42. The van der Waals surface area contributed by atoms with Crippen molar-refractivity contribution in [3.05, 3.63) is 81.0 Å². The Morgan fingerprint density at radius 3 is 1.70 bits per heavy atom. The van der Waals surface area contributed by atoms with Crippen molar-refractivity contribution in [3.8, 4) is 11.5 Å². The summed E-state index contributed by atoms with van der Waals surface area (Å²) in [5.74, 6) is 2.26. The van der Waals surface area contributed by atoms with Crippen LogP contribution in [-0.4, -0.2) is 19.2 Å². The monoisotopic (exact) mass is 426 g/mol. The molecule has 0 amide bonds. The molecule has 2 aromatic carbocycles. The fraction of sp³-hybridized carbons (Fsp3) is 0.227. The normalized spacial score (nSPS) is 10.7. The van der Waals surface area contributed by atoms with E-state index in [9.17, 15) is 0 Å². The number of halogens is 1. The van der Waals surface area contributed by atoms with E-state index < -0.39 is 0 Å². The van der Waals surface area contributed by atoms with Crippen molar-refractivity contribution in [1.82, 2.24) is 4.98 Å². The van der Waals surface area contributed by atoms with Gasteiger partial charge in [-0.2, -0.15) is 0 Å². The standard InChI is InChI=1S/C22H23BrN2O2/c1-14-19(12-15-4-8-17(26-2)9-5-15)21(23)25-22(24)20(14)13-16-6-10-18(27-3)11-7-16/h4-11H,12-13H2,1-3H3,(H2,24,25). The average Bonchev–Trinajstić information content (AvgIpc) is 2.69. The Hall–Kier alpha value is -2.53. The van der Waals surface area contributed by atoms with Crippen LogP contribution < -0.4 is 15.2 Å². The van der Waals surface area contributed by atoms with Gasteiger partial charge >= 0.3 is 0 Å². The highest BCUT2D eigenvalue weighted by Gasteiger charge is 2.15. The van der Waals surface area contributed by atoms with E-state index in [2.05, 4.69) is 52.1 Å². The molecule has 0 atom stereocenters. The number of benzene rings is 2. The predicted octanol–water partition coefficient (Wildman–Crippen LogP) is 4.93. The first-order valence-corrected chi connectivity index (χ1v) is 9.50. The molecule has 0 bridgehead atoms. The van der Waals surface area contributed by atoms with Crippen LogP contribution in [0.25, 0.3) is 0 Å². The molecule has 140 valence electrons. The van der Waals surface area contributed by atoms with Crippen molar-refractivity contribution in [3.63, 3.8) is 0 Å². The van der Waals surface area contributed by atoms with Gasteiger partial charge in [0, 0.05) is 18.4 Å². The molecule has 0 aliphatic rings. The summed E-state index contributed by atoms with van der Waals surface area (Å²) in [5.41, 5.74) is 12.0. The van der Waals surface area contributed by atoms with Gasteiger partial charge in [-0.25, -0.2) is 4.98 Å². The number of methoxy groups -OCH3 is 2. The lowest BCUT2D eigenvalue weighted by atomic mass is 9.95. The fourth-order valence-electron chi connectivity index (χ4n) is 3.09. The Kier molecular flexibility index (Phi) is 6.01. The molecule has 1 heterocycles. The summed E-state index contributed by atoms with van der Waals surface area (Å²) in [6.07, 6.45) is 1.51. The van der Waals surface area contributed by atoms with Crippen LogP contribution in [0.4, 0.5) is 5.82 Å². The minimum atomic E-state index is 0.564. The smallest absolute Gasteiger partial charge is 0.128 e. The third-order valence-electron chi connectivity index (χ3n) is 4.76. The largest absolute Gasteiger partial charge is 0.497 e. The van der Waals surface area contributed by atoms with Gasteiger partial charge in [-0.05, 0) is 69.4 Å². The summed E-state index contributed by atoms with van der Waals surface area (Å²) in [4.78, 5) is 4.54. The van der Waals surface area contributed by atoms with Gasteiger partial charge in [0.15, 0.2) is 0 Å². The second-order valence-corrected chi connectivity index (χ2v) is 7.17. The van der Waals surface area contributed by atoms with Gasteiger partial charge in [0.25, 0.3) is 0 Å². The molecular formula is C22H23BrN2O2. The van der Waals surface area contributed by atoms with Gasteiger partial charge in [-0.1, -0.05) is 24.3 Å². The minimum Gasteiger partial charge on any atom is -0.497 e. The van der Waals surface area contributed by atoms with Crippen molar-refractivity contribution in [2.45, 2.75) is 19.8 Å². The van der Waals surface area contributed by atoms with E-state index in [1.807, 2.05) is 24.3 Å². The Labute approximate surface area is 168 Å². The summed E-state index contributed by atoms with van der Waals surface area (Å²) >= 11 is 3.59. The van der Waals surface area contributed by atoms with E-state index in [0.717, 1.165) is 40.1 Å². The zero-order chi connectivity index (χ0) is 19.4. The molecule has 5 heteroatoms. The molecule has 27 heavy (non-hydrogen) atoms. The zero-order valence-electron chi connectivity index (χ0n) is 15.8. The zero-order valence-corrected chi connectivity index (χ0v) is 17.3. The lowest BCUT2D eigenvalue weighted by molar-refractivity contribution is 0.414. The molecule has 4 nitrogen and oxygen atoms in total. The Bertz CT molecular complexity index is 849. The number of anilines is 1. The molecule has 0 spiro atoms. The van der Waals surface area contributed by atoms with Crippen molar-refractivity contribution in [1.29, 1.82) is 0 Å². The molecule has 0 fully saturated rings. The van der Waals surface area contributed by atoms with E-state index in [1.165, 1.54) is 16.7 Å². The molecule has 0 radical (unpaired) electrons. The average molecular weight is 427 g/mol. The first-order valence-electron chi connectivity index (χ1n) is 8.71. The fourth-order valence-corrected chi connectivity index (χ4v) is 3.72. The molecule has 0 aliphatic carbocycles. The van der Waals surface area contributed by atoms with Gasteiger partial charge < -0.3 is 15.2 Å². The van der Waals surface area contributed by atoms with E-state index in [-0.39, 0.29) is 0 Å².